The highest BCUT2D eigenvalue weighted by molar-refractivity contribution is 5.29. The van der Waals surface area contributed by atoms with Gasteiger partial charge in [0.1, 0.15) is 5.75 Å². The van der Waals surface area contributed by atoms with E-state index in [1.54, 1.807) is 12.1 Å². The van der Waals surface area contributed by atoms with Crippen molar-refractivity contribution in [2.75, 3.05) is 6.54 Å². The number of hydrogen-bond donors (Lipinski definition) is 2. The van der Waals surface area contributed by atoms with Crippen molar-refractivity contribution in [3.8, 4) is 5.75 Å². The molecule has 0 spiro atoms. The Labute approximate surface area is 110 Å². The van der Waals surface area contributed by atoms with E-state index >= 15 is 0 Å². The fraction of sp³-hybridized carbons (Fsp3) is 0.538. The maximum absolute atomic E-state index is 12.0. The highest BCUT2D eigenvalue weighted by Gasteiger charge is 2.31. The number of nitrogens with two attached hydrogens (primary N) is 1. The Hall–Kier alpha value is -1.27. The summed E-state index contributed by atoms with van der Waals surface area (Å²) >= 11 is 0. The summed E-state index contributed by atoms with van der Waals surface area (Å²) in [5.41, 5.74) is 6.52. The van der Waals surface area contributed by atoms with Gasteiger partial charge < -0.3 is 15.8 Å². The van der Waals surface area contributed by atoms with Crippen LogP contribution in [0.25, 0.3) is 0 Å². The summed E-state index contributed by atoms with van der Waals surface area (Å²) in [5, 5.41) is 3.31. The zero-order chi connectivity index (χ0) is 14.5. The van der Waals surface area contributed by atoms with Crippen LogP contribution < -0.4 is 15.8 Å². The molecule has 2 unspecified atom stereocenters. The van der Waals surface area contributed by atoms with Crippen molar-refractivity contribution in [3.63, 3.8) is 0 Å². The molecule has 0 aliphatic heterocycles. The molecule has 19 heavy (non-hydrogen) atoms. The van der Waals surface area contributed by atoms with E-state index in [9.17, 15) is 13.2 Å². The quantitative estimate of drug-likeness (QED) is 0.839. The first-order valence-electron chi connectivity index (χ1n) is 6.17. The Kier molecular flexibility index (Phi) is 5.62. The topological polar surface area (TPSA) is 47.3 Å². The van der Waals surface area contributed by atoms with Gasteiger partial charge in [-0.3, -0.25) is 0 Å². The number of rotatable bonds is 6. The largest absolute Gasteiger partial charge is 0.573 e. The van der Waals surface area contributed by atoms with Gasteiger partial charge in [-0.05, 0) is 31.0 Å². The standard InChI is InChI=1S/C13H19F3N2O/c1-3-9(2)18-12(8-17)10-4-6-11(7-5-10)19-13(14,15)16/h4-7,9,12,18H,3,8,17H2,1-2H3. The first-order chi connectivity index (χ1) is 8.85. The van der Waals surface area contributed by atoms with E-state index in [1.165, 1.54) is 12.1 Å². The molecule has 1 aromatic rings. The normalized spacial score (nSPS) is 15.1. The molecule has 0 aliphatic carbocycles. The Morgan fingerprint density at radius 2 is 1.84 bits per heavy atom. The summed E-state index contributed by atoms with van der Waals surface area (Å²) in [5.74, 6) is -0.226. The molecule has 1 rings (SSSR count). The number of alkyl halides is 3. The van der Waals surface area contributed by atoms with E-state index in [2.05, 4.69) is 10.1 Å². The smallest absolute Gasteiger partial charge is 0.406 e. The number of halogens is 3. The van der Waals surface area contributed by atoms with Gasteiger partial charge in [0.25, 0.3) is 0 Å². The fourth-order valence-corrected chi connectivity index (χ4v) is 1.66. The van der Waals surface area contributed by atoms with Crippen LogP contribution in [0.4, 0.5) is 13.2 Å². The summed E-state index contributed by atoms with van der Waals surface area (Å²) in [6, 6.07) is 5.99. The lowest BCUT2D eigenvalue weighted by atomic mass is 10.1. The van der Waals surface area contributed by atoms with Gasteiger partial charge in [0.05, 0.1) is 0 Å². The molecular weight excluding hydrogens is 257 g/mol. The molecule has 3 N–H and O–H groups in total. The van der Waals surface area contributed by atoms with Gasteiger partial charge in [-0.1, -0.05) is 19.1 Å². The van der Waals surface area contributed by atoms with E-state index < -0.39 is 6.36 Å². The van der Waals surface area contributed by atoms with E-state index in [0.717, 1.165) is 12.0 Å². The van der Waals surface area contributed by atoms with Crippen LogP contribution in [-0.2, 0) is 0 Å². The third-order valence-corrected chi connectivity index (χ3v) is 2.85. The highest BCUT2D eigenvalue weighted by atomic mass is 19.4. The first-order valence-corrected chi connectivity index (χ1v) is 6.17. The number of nitrogens with one attached hydrogen (secondary N) is 1. The number of benzene rings is 1. The zero-order valence-electron chi connectivity index (χ0n) is 11.0. The van der Waals surface area contributed by atoms with Gasteiger partial charge in [-0.25, -0.2) is 0 Å². The molecule has 3 nitrogen and oxygen atoms in total. The minimum absolute atomic E-state index is 0.0742. The third kappa shape index (κ3) is 5.48. The van der Waals surface area contributed by atoms with Crippen LogP contribution in [-0.4, -0.2) is 18.9 Å². The maximum atomic E-state index is 12.0. The van der Waals surface area contributed by atoms with Crippen LogP contribution in [0.3, 0.4) is 0 Å². The molecule has 1 aromatic carbocycles. The summed E-state index contributed by atoms with van der Waals surface area (Å²) in [6.45, 7) is 4.46. The van der Waals surface area contributed by atoms with E-state index in [0.29, 0.717) is 12.6 Å². The van der Waals surface area contributed by atoms with Crippen LogP contribution in [0, 0.1) is 0 Å². The van der Waals surface area contributed by atoms with Gasteiger partial charge in [0.2, 0.25) is 0 Å². The van der Waals surface area contributed by atoms with E-state index in [1.807, 2.05) is 13.8 Å². The second-order valence-corrected chi connectivity index (χ2v) is 4.38. The lowest BCUT2D eigenvalue weighted by Gasteiger charge is -2.22. The second-order valence-electron chi connectivity index (χ2n) is 4.38. The Morgan fingerprint density at radius 3 is 2.26 bits per heavy atom. The molecule has 0 heterocycles. The fourth-order valence-electron chi connectivity index (χ4n) is 1.66. The monoisotopic (exact) mass is 276 g/mol. The van der Waals surface area contributed by atoms with E-state index in [-0.39, 0.29) is 11.8 Å². The zero-order valence-corrected chi connectivity index (χ0v) is 11.0. The van der Waals surface area contributed by atoms with Crippen molar-refractivity contribution >= 4 is 0 Å². The van der Waals surface area contributed by atoms with Crippen LogP contribution in [0.15, 0.2) is 24.3 Å². The Bertz CT molecular complexity index is 378. The predicted molar refractivity (Wildman–Crippen MR) is 67.8 cm³/mol. The summed E-state index contributed by atoms with van der Waals surface area (Å²) in [6.07, 6.45) is -3.71. The number of hydrogen-bond acceptors (Lipinski definition) is 3. The van der Waals surface area contributed by atoms with Crippen molar-refractivity contribution in [2.24, 2.45) is 5.73 Å². The van der Waals surface area contributed by atoms with Crippen molar-refractivity contribution in [2.45, 2.75) is 38.7 Å². The molecule has 6 heteroatoms. The maximum Gasteiger partial charge on any atom is 0.573 e. The highest BCUT2D eigenvalue weighted by Crippen LogP contribution is 2.24. The Morgan fingerprint density at radius 1 is 1.26 bits per heavy atom. The minimum Gasteiger partial charge on any atom is -0.406 e. The van der Waals surface area contributed by atoms with Gasteiger partial charge in [0, 0.05) is 18.6 Å². The van der Waals surface area contributed by atoms with Crippen molar-refractivity contribution in [3.05, 3.63) is 29.8 Å². The van der Waals surface area contributed by atoms with Crippen LogP contribution in [0.5, 0.6) is 5.75 Å². The van der Waals surface area contributed by atoms with Gasteiger partial charge in [0.15, 0.2) is 0 Å². The summed E-state index contributed by atoms with van der Waals surface area (Å²) < 4.78 is 39.9. The van der Waals surface area contributed by atoms with Crippen LogP contribution >= 0.6 is 0 Å². The molecule has 0 saturated heterocycles. The molecule has 0 fully saturated rings. The summed E-state index contributed by atoms with van der Waals surface area (Å²) in [7, 11) is 0. The molecule has 108 valence electrons. The first kappa shape index (κ1) is 15.8. The molecule has 0 amide bonds. The number of ether oxygens (including phenoxy) is 1. The molecule has 0 radical (unpaired) electrons. The molecule has 2 atom stereocenters. The van der Waals surface area contributed by atoms with Crippen LogP contribution in [0.1, 0.15) is 31.9 Å². The lowest BCUT2D eigenvalue weighted by molar-refractivity contribution is -0.274. The summed E-state index contributed by atoms with van der Waals surface area (Å²) in [4.78, 5) is 0. The van der Waals surface area contributed by atoms with Crippen molar-refractivity contribution < 1.29 is 17.9 Å². The predicted octanol–water partition coefficient (Wildman–Crippen LogP) is 2.97. The molecule has 0 saturated carbocycles. The molecular formula is C13H19F3N2O. The average Bonchev–Trinajstić information content (AvgIpc) is 2.35. The molecule has 0 bridgehead atoms. The van der Waals surface area contributed by atoms with Crippen molar-refractivity contribution in [1.82, 2.24) is 5.32 Å². The Balaban J connectivity index is 2.73. The second kappa shape index (κ2) is 6.77. The van der Waals surface area contributed by atoms with Crippen LogP contribution in [0.2, 0.25) is 0 Å². The lowest BCUT2D eigenvalue weighted by Crippen LogP contribution is -2.34. The third-order valence-electron chi connectivity index (χ3n) is 2.85. The van der Waals surface area contributed by atoms with Gasteiger partial charge in [-0.2, -0.15) is 0 Å². The average molecular weight is 276 g/mol. The molecule has 0 aromatic heterocycles. The van der Waals surface area contributed by atoms with Crippen molar-refractivity contribution in [1.29, 1.82) is 0 Å². The minimum atomic E-state index is -4.66. The van der Waals surface area contributed by atoms with Gasteiger partial charge in [-0.15, -0.1) is 13.2 Å². The molecule has 0 aliphatic rings. The van der Waals surface area contributed by atoms with E-state index in [4.69, 9.17) is 5.73 Å². The van der Waals surface area contributed by atoms with Gasteiger partial charge >= 0.3 is 6.36 Å². The SMILES string of the molecule is CCC(C)NC(CN)c1ccc(OC(F)(F)F)cc1.